The number of thiophene rings is 1. The van der Waals surface area contributed by atoms with Gasteiger partial charge in [-0.3, -0.25) is 0 Å². The molecule has 0 bridgehead atoms. The number of hydrogen-bond donors (Lipinski definition) is 0. The topological polar surface area (TPSA) is 6.48 Å². The van der Waals surface area contributed by atoms with E-state index in [1.165, 1.54) is 109 Å². The summed E-state index contributed by atoms with van der Waals surface area (Å²) >= 11 is 1.88. The molecule has 0 N–H and O–H groups in total. The molecule has 1 spiro atoms. The van der Waals surface area contributed by atoms with Crippen LogP contribution in [0.2, 0.25) is 0 Å². The second kappa shape index (κ2) is 15.9. The van der Waals surface area contributed by atoms with Crippen LogP contribution in [0.4, 0.5) is 34.1 Å². The Morgan fingerprint density at radius 2 is 0.849 bits per heavy atom. The molecule has 2 heterocycles. The molecule has 2 nitrogen and oxygen atoms in total. The van der Waals surface area contributed by atoms with Gasteiger partial charge in [0.15, 0.2) is 0 Å². The van der Waals surface area contributed by atoms with Crippen molar-refractivity contribution in [1.29, 1.82) is 0 Å². The normalized spacial score (nSPS) is 14.1. The summed E-state index contributed by atoms with van der Waals surface area (Å²) in [6, 6.07) is 95.3. The summed E-state index contributed by atoms with van der Waals surface area (Å²) in [6.07, 6.45) is 0. The summed E-state index contributed by atoms with van der Waals surface area (Å²) in [4.78, 5) is 4.91. The van der Waals surface area contributed by atoms with Crippen molar-refractivity contribution in [2.75, 3.05) is 9.80 Å². The molecule has 0 unspecified atom stereocenters. The van der Waals surface area contributed by atoms with Gasteiger partial charge in [-0.1, -0.05) is 190 Å². The van der Waals surface area contributed by atoms with Crippen molar-refractivity contribution >= 4 is 65.6 Å². The van der Waals surface area contributed by atoms with Crippen molar-refractivity contribution in [3.05, 3.63) is 288 Å². The lowest BCUT2D eigenvalue weighted by molar-refractivity contribution is 0.660. The lowest BCUT2D eigenvalue weighted by atomic mass is 9.64. The smallest absolute Gasteiger partial charge is 0.0754 e. The van der Waals surface area contributed by atoms with E-state index in [0.717, 1.165) is 22.7 Å². The third-order valence-electron chi connectivity index (χ3n) is 16.3. The van der Waals surface area contributed by atoms with E-state index in [2.05, 4.69) is 278 Å². The third kappa shape index (κ3) is 6.04. The molecule has 0 atom stereocenters. The monoisotopic (exact) mass is 948 g/mol. The number of fused-ring (bicyclic) bond motifs is 15. The SMILES string of the molecule is CC1(C)c2ccccc2-c2ccc(N(c3ccc(-c4ccccc4)cc3)c3ccc4sc5ccc(-c6cccc7c6-c6ccccc6C76c7ccccc7N(c7ccccc7)c7ccccc76)cc5c4c3)cc21. The number of nitrogens with zero attached hydrogens (tertiary/aromatic N) is 2. The van der Waals surface area contributed by atoms with Crippen LogP contribution in [-0.4, -0.2) is 0 Å². The van der Waals surface area contributed by atoms with Gasteiger partial charge in [0.1, 0.15) is 0 Å². The van der Waals surface area contributed by atoms with Gasteiger partial charge in [0.25, 0.3) is 0 Å². The van der Waals surface area contributed by atoms with E-state index in [4.69, 9.17) is 0 Å². The maximum atomic E-state index is 2.47. The maximum absolute atomic E-state index is 2.47. The molecular weight excluding hydrogens is 901 g/mol. The highest BCUT2D eigenvalue weighted by Gasteiger charge is 2.52. The molecule has 73 heavy (non-hydrogen) atoms. The fraction of sp³-hybridized carbons (Fsp3) is 0.0571. The zero-order chi connectivity index (χ0) is 48.4. The zero-order valence-electron chi connectivity index (χ0n) is 40.6. The van der Waals surface area contributed by atoms with Crippen LogP contribution in [0, 0.1) is 0 Å². The minimum Gasteiger partial charge on any atom is -0.310 e. The highest BCUT2D eigenvalue weighted by atomic mass is 32.1. The highest BCUT2D eigenvalue weighted by Crippen LogP contribution is 2.64. The molecule has 1 aromatic heterocycles. The summed E-state index contributed by atoms with van der Waals surface area (Å²) < 4.78 is 2.56. The van der Waals surface area contributed by atoms with Crippen molar-refractivity contribution in [2.45, 2.75) is 24.7 Å². The lowest BCUT2D eigenvalue weighted by Gasteiger charge is -2.45. The fourth-order valence-electron chi connectivity index (χ4n) is 13.0. The molecule has 1 aliphatic heterocycles. The van der Waals surface area contributed by atoms with Crippen molar-refractivity contribution in [2.24, 2.45) is 0 Å². The molecule has 12 aromatic rings. The Hall–Kier alpha value is -8.76. The number of rotatable bonds is 6. The Morgan fingerprint density at radius 3 is 1.59 bits per heavy atom. The van der Waals surface area contributed by atoms with Crippen LogP contribution in [0.5, 0.6) is 0 Å². The molecule has 0 radical (unpaired) electrons. The van der Waals surface area contributed by atoms with Crippen LogP contribution >= 0.6 is 11.3 Å². The third-order valence-corrected chi connectivity index (χ3v) is 17.4. The van der Waals surface area contributed by atoms with Gasteiger partial charge in [-0.25, -0.2) is 0 Å². The Bertz CT molecular complexity index is 4140. The standard InChI is InChI=1S/C70H48N2S/c1-69(2)58-25-11-9-22-53(58)54-39-37-51(44-63(54)69)71(49-35-32-46(33-36-49)45-18-5-3-6-19-45)50-38-41-67-57(43-50)56-42-47(34-40-66(56)73-67)52-24-17-29-62-68(52)55-23-10-12-26-59(55)70(62)60-27-13-15-30-64(60)72(48-20-7-4-8-21-48)65-31-16-14-28-61(65)70/h3-44H,1-2H3. The summed E-state index contributed by atoms with van der Waals surface area (Å²) in [5.74, 6) is 0. The molecule has 0 fully saturated rings. The zero-order valence-corrected chi connectivity index (χ0v) is 41.4. The Kier molecular flexibility index (Phi) is 9.12. The first-order valence-corrected chi connectivity index (χ1v) is 26.2. The lowest BCUT2D eigenvalue weighted by Crippen LogP contribution is -2.36. The number of para-hydroxylation sites is 3. The minimum absolute atomic E-state index is 0.126. The largest absolute Gasteiger partial charge is 0.310 e. The molecule has 15 rings (SSSR count). The van der Waals surface area contributed by atoms with Crippen LogP contribution in [0.1, 0.15) is 47.2 Å². The molecule has 0 saturated heterocycles. The molecule has 11 aromatic carbocycles. The summed E-state index contributed by atoms with van der Waals surface area (Å²) in [7, 11) is 0. The van der Waals surface area contributed by atoms with E-state index in [0.29, 0.717) is 0 Å². The predicted molar refractivity (Wildman–Crippen MR) is 308 cm³/mol. The van der Waals surface area contributed by atoms with Crippen LogP contribution in [-0.2, 0) is 10.8 Å². The van der Waals surface area contributed by atoms with E-state index in [1.807, 2.05) is 11.3 Å². The predicted octanol–water partition coefficient (Wildman–Crippen LogP) is 19.3. The van der Waals surface area contributed by atoms with Crippen molar-refractivity contribution in [1.82, 2.24) is 0 Å². The van der Waals surface area contributed by atoms with Crippen molar-refractivity contribution < 1.29 is 0 Å². The first-order valence-electron chi connectivity index (χ1n) is 25.4. The van der Waals surface area contributed by atoms with Crippen LogP contribution < -0.4 is 9.80 Å². The molecule has 0 amide bonds. The summed E-state index contributed by atoms with van der Waals surface area (Å²) in [5.41, 5.74) is 24.4. The van der Waals surface area contributed by atoms with Crippen LogP contribution in [0.3, 0.4) is 0 Å². The number of benzene rings is 11. The van der Waals surface area contributed by atoms with Gasteiger partial charge in [-0.05, 0) is 157 Å². The Balaban J connectivity index is 0.902. The second-order valence-corrected chi connectivity index (χ2v) is 21.5. The molecule has 344 valence electrons. The summed E-state index contributed by atoms with van der Waals surface area (Å²) in [5, 5.41) is 2.54. The number of anilines is 6. The van der Waals surface area contributed by atoms with Gasteiger partial charge < -0.3 is 9.80 Å². The molecule has 3 heteroatoms. The fourth-order valence-corrected chi connectivity index (χ4v) is 14.1. The van der Waals surface area contributed by atoms with E-state index in [-0.39, 0.29) is 5.41 Å². The van der Waals surface area contributed by atoms with Gasteiger partial charge in [0.2, 0.25) is 0 Å². The Labute approximate surface area is 430 Å². The van der Waals surface area contributed by atoms with Gasteiger partial charge in [0.05, 0.1) is 16.8 Å². The van der Waals surface area contributed by atoms with Crippen molar-refractivity contribution in [3.63, 3.8) is 0 Å². The van der Waals surface area contributed by atoms with Gasteiger partial charge >= 0.3 is 0 Å². The van der Waals surface area contributed by atoms with E-state index in [1.54, 1.807) is 0 Å². The van der Waals surface area contributed by atoms with Gasteiger partial charge in [0, 0.05) is 48.3 Å². The highest BCUT2D eigenvalue weighted by molar-refractivity contribution is 7.25. The van der Waals surface area contributed by atoms with Gasteiger partial charge in [-0.2, -0.15) is 0 Å². The minimum atomic E-state index is -0.521. The quantitative estimate of drug-likeness (QED) is 0.164. The Morgan fingerprint density at radius 1 is 0.342 bits per heavy atom. The number of hydrogen-bond acceptors (Lipinski definition) is 3. The van der Waals surface area contributed by atoms with E-state index < -0.39 is 5.41 Å². The van der Waals surface area contributed by atoms with Crippen LogP contribution in [0.15, 0.2) is 255 Å². The molecule has 0 saturated carbocycles. The first kappa shape index (κ1) is 42.0. The van der Waals surface area contributed by atoms with E-state index >= 15 is 0 Å². The first-order chi connectivity index (χ1) is 36.0. The molecule has 2 aliphatic carbocycles. The second-order valence-electron chi connectivity index (χ2n) is 20.4. The maximum Gasteiger partial charge on any atom is 0.0754 e. The summed E-state index contributed by atoms with van der Waals surface area (Å²) in [6.45, 7) is 4.74. The average molecular weight is 949 g/mol. The van der Waals surface area contributed by atoms with E-state index in [9.17, 15) is 0 Å². The molecular formula is C70H48N2S. The molecule has 3 aliphatic rings. The van der Waals surface area contributed by atoms with Crippen LogP contribution in [0.25, 0.3) is 64.7 Å². The average Bonchev–Trinajstić information content (AvgIpc) is 4.05. The van der Waals surface area contributed by atoms with Crippen molar-refractivity contribution in [3.8, 4) is 44.5 Å². The van der Waals surface area contributed by atoms with Gasteiger partial charge in [-0.15, -0.1) is 11.3 Å².